The molecule has 8 aromatic rings. The largest absolute Gasteiger partial charge is 0.491 e. The Bertz CT molecular complexity index is 3180. The van der Waals surface area contributed by atoms with Gasteiger partial charge in [0.2, 0.25) is 0 Å². The van der Waals surface area contributed by atoms with Crippen LogP contribution in [-0.2, 0) is 33.1 Å². The summed E-state index contributed by atoms with van der Waals surface area (Å²) >= 11 is 0. The Morgan fingerprint density at radius 2 is 0.797 bits per heavy atom. The van der Waals surface area contributed by atoms with Gasteiger partial charge in [-0.25, -0.2) is 0 Å². The second-order valence-electron chi connectivity index (χ2n) is 21.8. The molecule has 2 saturated heterocycles. The van der Waals surface area contributed by atoms with Crippen LogP contribution in [0.2, 0.25) is 0 Å². The lowest BCUT2D eigenvalue weighted by Crippen LogP contribution is -2.27. The van der Waals surface area contributed by atoms with E-state index in [1.807, 2.05) is 0 Å². The highest BCUT2D eigenvalue weighted by Gasteiger charge is 2.48. The van der Waals surface area contributed by atoms with E-state index in [2.05, 4.69) is 184 Å². The summed E-state index contributed by atoms with van der Waals surface area (Å²) in [4.78, 5) is 0. The molecular formula is C67H60O7. The van der Waals surface area contributed by atoms with Crippen molar-refractivity contribution in [1.82, 2.24) is 0 Å². The molecule has 7 heteroatoms. The summed E-state index contributed by atoms with van der Waals surface area (Å²) in [5, 5.41) is 11.3. The molecule has 14 rings (SSSR count). The monoisotopic (exact) mass is 976 g/mol. The van der Waals surface area contributed by atoms with Crippen molar-refractivity contribution in [2.24, 2.45) is 0 Å². The van der Waals surface area contributed by atoms with Crippen molar-refractivity contribution in [3.63, 3.8) is 0 Å². The topological polar surface area (TPSA) is 82.2 Å². The van der Waals surface area contributed by atoms with Gasteiger partial charge in [0.25, 0.3) is 0 Å². The molecule has 0 saturated carbocycles. The lowest BCUT2D eigenvalue weighted by molar-refractivity contribution is 0.0626. The van der Waals surface area contributed by atoms with E-state index in [9.17, 15) is 5.11 Å². The third kappa shape index (κ3) is 7.90. The predicted octanol–water partition coefficient (Wildman–Crippen LogP) is 12.9. The van der Waals surface area contributed by atoms with Gasteiger partial charge in [0.05, 0.1) is 13.2 Å². The highest BCUT2D eigenvalue weighted by atomic mass is 16.6. The Morgan fingerprint density at radius 1 is 0.446 bits per heavy atom. The number of aliphatic hydroxyl groups is 1. The summed E-state index contributed by atoms with van der Waals surface area (Å²) in [7, 11) is 0. The first-order valence-electron chi connectivity index (χ1n) is 26.6. The Morgan fingerprint density at radius 3 is 1.16 bits per heavy atom. The molecule has 2 fully saturated rings. The minimum atomic E-state index is -0.839. The van der Waals surface area contributed by atoms with Gasteiger partial charge >= 0.3 is 0 Å². The number of rotatable bonds is 16. The first-order chi connectivity index (χ1) is 36.3. The van der Waals surface area contributed by atoms with E-state index in [0.717, 1.165) is 50.4 Å². The van der Waals surface area contributed by atoms with E-state index < -0.39 is 6.10 Å². The van der Waals surface area contributed by atoms with Crippen LogP contribution in [-0.4, -0.2) is 63.1 Å². The Kier molecular flexibility index (Phi) is 11.1. The normalized spacial score (nSPS) is 23.4. The van der Waals surface area contributed by atoms with Gasteiger partial charge in [-0.15, -0.1) is 0 Å². The fourth-order valence-corrected chi connectivity index (χ4v) is 13.2. The van der Waals surface area contributed by atoms with E-state index in [4.69, 9.17) is 28.4 Å². The van der Waals surface area contributed by atoms with Crippen LogP contribution in [0.3, 0.4) is 0 Å². The number of hydrogen-bond acceptors (Lipinski definition) is 7. The smallest absolute Gasteiger partial charge is 0.122 e. The van der Waals surface area contributed by atoms with Gasteiger partial charge in [0.15, 0.2) is 0 Å². The summed E-state index contributed by atoms with van der Waals surface area (Å²) in [6.45, 7) is 7.62. The second-order valence-corrected chi connectivity index (χ2v) is 21.8. The van der Waals surface area contributed by atoms with E-state index in [-0.39, 0.29) is 36.3 Å². The van der Waals surface area contributed by atoms with E-state index in [1.54, 1.807) is 0 Å². The van der Waals surface area contributed by atoms with Crippen LogP contribution in [0.25, 0.3) is 22.3 Å². The van der Waals surface area contributed by atoms with Crippen LogP contribution in [0.5, 0.6) is 23.0 Å². The molecule has 8 aromatic carbocycles. The van der Waals surface area contributed by atoms with Crippen molar-refractivity contribution in [1.29, 1.82) is 0 Å². The molecule has 0 aromatic heterocycles. The summed E-state index contributed by atoms with van der Waals surface area (Å²) in [6.07, 6.45) is 3.34. The molecular weight excluding hydrogens is 917 g/mol. The summed E-state index contributed by atoms with van der Waals surface area (Å²) in [5.74, 6) is 3.82. The molecule has 0 amide bonds. The lowest BCUT2D eigenvalue weighted by Gasteiger charge is -2.33. The second kappa shape index (κ2) is 18.0. The maximum atomic E-state index is 11.3. The van der Waals surface area contributed by atoms with Crippen LogP contribution in [0.1, 0.15) is 105 Å². The molecule has 6 atom stereocenters. The lowest BCUT2D eigenvalue weighted by atomic mass is 9.69. The van der Waals surface area contributed by atoms with Gasteiger partial charge < -0.3 is 33.5 Å². The van der Waals surface area contributed by atoms with Crippen molar-refractivity contribution >= 4 is 0 Å². The molecule has 370 valence electrons. The van der Waals surface area contributed by atoms with Crippen LogP contribution >= 0.6 is 0 Å². The summed E-state index contributed by atoms with van der Waals surface area (Å²) in [5.41, 5.74) is 20.8. The zero-order chi connectivity index (χ0) is 49.5. The molecule has 1 N–H and O–H groups in total. The van der Waals surface area contributed by atoms with Gasteiger partial charge in [-0.05, 0) is 175 Å². The van der Waals surface area contributed by atoms with Crippen LogP contribution < -0.4 is 18.9 Å². The molecule has 7 nitrogen and oxygen atoms in total. The average Bonchev–Trinajstić information content (AvgIpc) is 4.36. The van der Waals surface area contributed by atoms with Crippen LogP contribution in [0, 0.1) is 0 Å². The van der Waals surface area contributed by atoms with Crippen molar-refractivity contribution in [3.8, 4) is 45.3 Å². The minimum absolute atomic E-state index is 0.0991. The fourth-order valence-electron chi connectivity index (χ4n) is 13.2. The van der Waals surface area contributed by atoms with Gasteiger partial charge in [0, 0.05) is 10.8 Å². The SMILES string of the molecule is CC1CC(c2ccc(OCC(O)COc3ccc(C4(c5ccc(OCC6CO6)cc5)CC(C)c5cc6c(cc54)Cc4ccccc4-6)cc3)cc2)(c2ccc(OCC3CO3)cc2)c2cc3c(cc21)-c1ccccc1C3. The number of aliphatic hydroxyl groups excluding tert-OH is 1. The van der Waals surface area contributed by atoms with Gasteiger partial charge in [-0.3, -0.25) is 0 Å². The average molecular weight is 977 g/mol. The Balaban J connectivity index is 0.689. The van der Waals surface area contributed by atoms with Crippen molar-refractivity contribution in [2.45, 2.75) is 80.5 Å². The summed E-state index contributed by atoms with van der Waals surface area (Å²) in [6, 6.07) is 62.1. The Labute approximate surface area is 433 Å². The zero-order valence-corrected chi connectivity index (χ0v) is 42.0. The third-order valence-electron chi connectivity index (χ3n) is 17.1. The number of epoxide rings is 2. The minimum Gasteiger partial charge on any atom is -0.491 e. The van der Waals surface area contributed by atoms with Crippen molar-refractivity contribution in [3.05, 3.63) is 237 Å². The molecule has 0 bridgehead atoms. The van der Waals surface area contributed by atoms with Crippen molar-refractivity contribution in [2.75, 3.05) is 39.6 Å². The molecule has 6 aliphatic rings. The first kappa shape index (κ1) is 45.5. The van der Waals surface area contributed by atoms with E-state index in [1.165, 1.54) is 89.0 Å². The molecule has 2 aliphatic heterocycles. The molecule has 4 aliphatic carbocycles. The fraction of sp³-hybridized carbons (Fsp3) is 0.284. The van der Waals surface area contributed by atoms with Gasteiger partial charge in [0.1, 0.15) is 67.7 Å². The number of benzene rings is 8. The molecule has 0 spiro atoms. The highest BCUT2D eigenvalue weighted by Crippen LogP contribution is 2.58. The van der Waals surface area contributed by atoms with Crippen LogP contribution in [0.15, 0.2) is 170 Å². The van der Waals surface area contributed by atoms with Crippen LogP contribution in [0.4, 0.5) is 0 Å². The van der Waals surface area contributed by atoms with Gasteiger partial charge in [-0.1, -0.05) is 135 Å². The zero-order valence-electron chi connectivity index (χ0n) is 42.0. The number of hydrogen-bond donors (Lipinski definition) is 1. The standard InChI is InChI=1S/C67H60O7/c1-41-33-66(49-15-23-54(24-16-49)71-37-56-39-73-56,64-29-45-27-43-7-3-5-9-58(43)62(45)31-60(41)64)47-11-19-52(20-12-47)69-35-51(68)36-70-53-21-13-48(14-22-53)67(50-17-25-55(26-18-50)72-38-57-40-74-57)34-42(2)61-32-63-46(30-65(61)67)28-44-8-4-6-10-59(44)63/h3-26,29-32,41-42,51,56-57,68H,27-28,33-40H2,1-2H3. The molecule has 6 unspecified atom stereocenters. The third-order valence-corrected chi connectivity index (χ3v) is 17.1. The molecule has 2 heterocycles. The first-order valence-corrected chi connectivity index (χ1v) is 26.6. The number of ether oxygens (including phenoxy) is 6. The summed E-state index contributed by atoms with van der Waals surface area (Å²) < 4.78 is 35.5. The van der Waals surface area contributed by atoms with Gasteiger partial charge in [-0.2, -0.15) is 0 Å². The van der Waals surface area contributed by atoms with Crippen molar-refractivity contribution < 1.29 is 33.5 Å². The Hall–Kier alpha value is -7.16. The number of fused-ring (bicyclic) bond motifs is 8. The molecule has 0 radical (unpaired) electrons. The predicted molar refractivity (Wildman–Crippen MR) is 288 cm³/mol. The van der Waals surface area contributed by atoms with E-state index >= 15 is 0 Å². The van der Waals surface area contributed by atoms with E-state index in [0.29, 0.717) is 36.5 Å². The highest BCUT2D eigenvalue weighted by molar-refractivity contribution is 5.81. The maximum Gasteiger partial charge on any atom is 0.122 e. The quantitative estimate of drug-likeness (QED) is 0.0966. The molecule has 74 heavy (non-hydrogen) atoms. The maximum absolute atomic E-state index is 11.3.